The van der Waals surface area contributed by atoms with Crippen molar-refractivity contribution in [2.24, 2.45) is 5.73 Å². The van der Waals surface area contributed by atoms with Gasteiger partial charge in [0, 0.05) is 25.7 Å². The van der Waals surface area contributed by atoms with Crippen LogP contribution in [0.1, 0.15) is 25.7 Å². The van der Waals surface area contributed by atoms with Crippen LogP contribution in [0.5, 0.6) is 0 Å². The Hall–Kier alpha value is -0.610. The fraction of sp³-hybridized carbons (Fsp3) is 0.909. The lowest BCUT2D eigenvalue weighted by Gasteiger charge is -2.38. The second-order valence-corrected chi connectivity index (χ2v) is 5.24. The van der Waals surface area contributed by atoms with E-state index >= 15 is 0 Å². The van der Waals surface area contributed by atoms with Crippen LogP contribution >= 0.6 is 0 Å². The molecule has 3 rings (SSSR count). The zero-order chi connectivity index (χ0) is 10.5. The highest BCUT2D eigenvalue weighted by atomic mass is 16.2. The maximum atomic E-state index is 12.1. The SMILES string of the molecule is NC1(C(=O)N2CCN3CCCC3C2)CC1. The molecule has 1 amide bonds. The zero-order valence-corrected chi connectivity index (χ0v) is 9.11. The van der Waals surface area contributed by atoms with Crippen molar-refractivity contribution in [2.45, 2.75) is 37.3 Å². The smallest absolute Gasteiger partial charge is 0.242 e. The number of fused-ring (bicyclic) bond motifs is 1. The Morgan fingerprint density at radius 2 is 2.07 bits per heavy atom. The summed E-state index contributed by atoms with van der Waals surface area (Å²) in [5, 5.41) is 0. The zero-order valence-electron chi connectivity index (χ0n) is 9.11. The Bertz CT molecular complexity index is 288. The third-order valence-corrected chi connectivity index (χ3v) is 4.09. The Labute approximate surface area is 90.4 Å². The molecule has 4 nitrogen and oxygen atoms in total. The fourth-order valence-corrected chi connectivity index (χ4v) is 2.84. The first-order valence-electron chi connectivity index (χ1n) is 6.01. The van der Waals surface area contributed by atoms with Crippen LogP contribution < -0.4 is 5.73 Å². The van der Waals surface area contributed by atoms with Gasteiger partial charge in [0.15, 0.2) is 0 Å². The molecule has 0 spiro atoms. The number of rotatable bonds is 1. The highest BCUT2D eigenvalue weighted by molar-refractivity contribution is 5.89. The standard InChI is InChI=1S/C11H19N3O/c12-11(3-4-11)10(15)14-7-6-13-5-1-2-9(13)8-14/h9H,1-8,12H2. The summed E-state index contributed by atoms with van der Waals surface area (Å²) in [6, 6.07) is 0.616. The lowest BCUT2D eigenvalue weighted by atomic mass is 10.1. The average molecular weight is 209 g/mol. The van der Waals surface area contributed by atoms with Crippen molar-refractivity contribution in [3.05, 3.63) is 0 Å². The molecule has 0 aromatic carbocycles. The average Bonchev–Trinajstić information content (AvgIpc) is 2.82. The van der Waals surface area contributed by atoms with Gasteiger partial charge < -0.3 is 10.6 Å². The molecule has 0 radical (unpaired) electrons. The number of amides is 1. The van der Waals surface area contributed by atoms with E-state index in [4.69, 9.17) is 5.73 Å². The van der Waals surface area contributed by atoms with Gasteiger partial charge in [0.1, 0.15) is 0 Å². The Morgan fingerprint density at radius 1 is 1.27 bits per heavy atom. The third-order valence-electron chi connectivity index (χ3n) is 4.09. The summed E-state index contributed by atoms with van der Waals surface area (Å²) in [5.74, 6) is 0.203. The van der Waals surface area contributed by atoms with Crippen molar-refractivity contribution in [1.29, 1.82) is 0 Å². The van der Waals surface area contributed by atoms with E-state index in [2.05, 4.69) is 4.90 Å². The summed E-state index contributed by atoms with van der Waals surface area (Å²) in [4.78, 5) is 16.6. The molecule has 0 bridgehead atoms. The first-order chi connectivity index (χ1) is 7.19. The summed E-state index contributed by atoms with van der Waals surface area (Å²) in [5.41, 5.74) is 5.48. The van der Waals surface area contributed by atoms with Gasteiger partial charge in [-0.2, -0.15) is 0 Å². The topological polar surface area (TPSA) is 49.6 Å². The minimum absolute atomic E-state index is 0.203. The van der Waals surface area contributed by atoms with E-state index in [1.54, 1.807) is 0 Å². The van der Waals surface area contributed by atoms with Gasteiger partial charge in [0.05, 0.1) is 5.54 Å². The lowest BCUT2D eigenvalue weighted by Crippen LogP contribution is -2.56. The predicted molar refractivity (Wildman–Crippen MR) is 57.3 cm³/mol. The Kier molecular flexibility index (Phi) is 2.04. The van der Waals surface area contributed by atoms with Crippen molar-refractivity contribution >= 4 is 5.91 Å². The summed E-state index contributed by atoms with van der Waals surface area (Å²) in [6.07, 6.45) is 4.31. The highest BCUT2D eigenvalue weighted by Crippen LogP contribution is 2.35. The number of hydrogen-bond acceptors (Lipinski definition) is 3. The molecule has 0 aromatic rings. The largest absolute Gasteiger partial charge is 0.338 e. The molecular formula is C11H19N3O. The quantitative estimate of drug-likeness (QED) is 0.650. The van der Waals surface area contributed by atoms with E-state index in [1.165, 1.54) is 19.4 Å². The van der Waals surface area contributed by atoms with Crippen LogP contribution in [0.3, 0.4) is 0 Å². The second kappa shape index (κ2) is 3.19. The maximum absolute atomic E-state index is 12.1. The molecule has 84 valence electrons. The predicted octanol–water partition coefficient (Wildman–Crippen LogP) is -0.216. The Morgan fingerprint density at radius 3 is 2.80 bits per heavy atom. The van der Waals surface area contributed by atoms with Gasteiger partial charge in [-0.25, -0.2) is 0 Å². The van der Waals surface area contributed by atoms with E-state index in [0.717, 1.165) is 32.5 Å². The summed E-state index contributed by atoms with van der Waals surface area (Å²) < 4.78 is 0. The normalized spacial score (nSPS) is 33.9. The van der Waals surface area contributed by atoms with Gasteiger partial charge in [0.25, 0.3) is 0 Å². The number of nitrogens with zero attached hydrogens (tertiary/aromatic N) is 2. The molecule has 2 N–H and O–H groups in total. The molecule has 15 heavy (non-hydrogen) atoms. The van der Waals surface area contributed by atoms with Gasteiger partial charge in [-0.15, -0.1) is 0 Å². The molecule has 3 fully saturated rings. The lowest BCUT2D eigenvalue weighted by molar-refractivity contribution is -0.136. The van der Waals surface area contributed by atoms with Gasteiger partial charge in [-0.1, -0.05) is 0 Å². The van der Waals surface area contributed by atoms with E-state index < -0.39 is 5.54 Å². The minimum Gasteiger partial charge on any atom is -0.338 e. The van der Waals surface area contributed by atoms with Crippen molar-refractivity contribution in [3.63, 3.8) is 0 Å². The number of carbonyl (C=O) groups excluding carboxylic acids is 1. The van der Waals surface area contributed by atoms with E-state index in [1.807, 2.05) is 4.90 Å². The molecule has 2 heterocycles. The summed E-state index contributed by atoms with van der Waals surface area (Å²) >= 11 is 0. The first kappa shape index (κ1) is 9.60. The van der Waals surface area contributed by atoms with Crippen molar-refractivity contribution in [2.75, 3.05) is 26.2 Å². The molecule has 1 atom stereocenters. The molecule has 1 unspecified atom stereocenters. The molecule has 2 aliphatic heterocycles. The summed E-state index contributed by atoms with van der Waals surface area (Å²) in [6.45, 7) is 4.07. The number of carbonyl (C=O) groups is 1. The van der Waals surface area contributed by atoms with Crippen LogP contribution in [0.4, 0.5) is 0 Å². The van der Waals surface area contributed by atoms with Gasteiger partial charge >= 0.3 is 0 Å². The van der Waals surface area contributed by atoms with Crippen LogP contribution in [-0.4, -0.2) is 53.5 Å². The number of nitrogens with two attached hydrogens (primary N) is 1. The van der Waals surface area contributed by atoms with E-state index in [0.29, 0.717) is 6.04 Å². The molecule has 0 aromatic heterocycles. The minimum atomic E-state index is -0.471. The van der Waals surface area contributed by atoms with Crippen LogP contribution in [0.15, 0.2) is 0 Å². The fourth-order valence-electron chi connectivity index (χ4n) is 2.84. The second-order valence-electron chi connectivity index (χ2n) is 5.24. The molecule has 4 heteroatoms. The van der Waals surface area contributed by atoms with E-state index in [9.17, 15) is 4.79 Å². The molecular weight excluding hydrogens is 190 g/mol. The Balaban J connectivity index is 1.66. The van der Waals surface area contributed by atoms with Crippen LogP contribution in [0, 0.1) is 0 Å². The number of piperazine rings is 1. The monoisotopic (exact) mass is 209 g/mol. The van der Waals surface area contributed by atoms with Crippen molar-refractivity contribution in [1.82, 2.24) is 9.80 Å². The van der Waals surface area contributed by atoms with Crippen molar-refractivity contribution < 1.29 is 4.79 Å². The maximum Gasteiger partial charge on any atom is 0.242 e. The van der Waals surface area contributed by atoms with Crippen LogP contribution in [0.25, 0.3) is 0 Å². The van der Waals surface area contributed by atoms with E-state index in [-0.39, 0.29) is 5.91 Å². The highest BCUT2D eigenvalue weighted by Gasteiger charge is 2.49. The van der Waals surface area contributed by atoms with Gasteiger partial charge in [0.2, 0.25) is 5.91 Å². The van der Waals surface area contributed by atoms with Crippen LogP contribution in [-0.2, 0) is 4.79 Å². The first-order valence-corrected chi connectivity index (χ1v) is 6.01. The molecule has 3 aliphatic rings. The molecule has 1 saturated carbocycles. The van der Waals surface area contributed by atoms with Gasteiger partial charge in [-0.3, -0.25) is 9.69 Å². The van der Waals surface area contributed by atoms with Crippen LogP contribution in [0.2, 0.25) is 0 Å². The van der Waals surface area contributed by atoms with Gasteiger partial charge in [-0.05, 0) is 32.2 Å². The third kappa shape index (κ3) is 1.56. The van der Waals surface area contributed by atoms with Crippen molar-refractivity contribution in [3.8, 4) is 0 Å². The molecule has 2 saturated heterocycles. The summed E-state index contributed by atoms with van der Waals surface area (Å²) in [7, 11) is 0. The molecule has 1 aliphatic carbocycles. The number of hydrogen-bond donors (Lipinski definition) is 1.